The van der Waals surface area contributed by atoms with Crippen LogP contribution in [0.25, 0.3) is 0 Å². The lowest BCUT2D eigenvalue weighted by Gasteiger charge is -2.19. The van der Waals surface area contributed by atoms with Gasteiger partial charge in [-0.1, -0.05) is 43.7 Å². The highest BCUT2D eigenvalue weighted by atomic mass is 15.5. The molecule has 2 heterocycles. The van der Waals surface area contributed by atoms with Crippen LogP contribution in [-0.4, -0.2) is 23.8 Å². The maximum Gasteiger partial charge on any atom is 0.111 e. The third kappa shape index (κ3) is 2.86. The van der Waals surface area contributed by atoms with E-state index < -0.39 is 0 Å². The summed E-state index contributed by atoms with van der Waals surface area (Å²) in [5, 5.41) is 5.57. The zero-order valence-corrected chi connectivity index (χ0v) is 13.4. The molecule has 0 atom stereocenters. The Morgan fingerprint density at radius 2 is 2.00 bits per heavy atom. The molecule has 0 aromatic heterocycles. The van der Waals surface area contributed by atoms with E-state index >= 15 is 0 Å². The van der Waals surface area contributed by atoms with Gasteiger partial charge in [0.25, 0.3) is 0 Å². The number of benzene rings is 1. The SMILES string of the molecule is CCCCC1=C2N=C(c3ccccc3)CNC=C2N(CC)N1. The highest BCUT2D eigenvalue weighted by Gasteiger charge is 2.27. The van der Waals surface area contributed by atoms with E-state index in [-0.39, 0.29) is 0 Å². The van der Waals surface area contributed by atoms with Crippen LogP contribution in [0.4, 0.5) is 0 Å². The van der Waals surface area contributed by atoms with Gasteiger partial charge in [-0.3, -0.25) is 5.01 Å². The molecule has 0 saturated heterocycles. The third-order valence-electron chi connectivity index (χ3n) is 4.05. The van der Waals surface area contributed by atoms with Crippen LogP contribution in [0.1, 0.15) is 38.7 Å². The summed E-state index contributed by atoms with van der Waals surface area (Å²) in [6.45, 7) is 6.06. The van der Waals surface area contributed by atoms with Gasteiger partial charge in [-0.05, 0) is 25.3 Å². The molecule has 0 bridgehead atoms. The minimum absolute atomic E-state index is 0.760. The molecule has 4 heteroatoms. The molecule has 3 rings (SSSR count). The van der Waals surface area contributed by atoms with E-state index in [4.69, 9.17) is 4.99 Å². The van der Waals surface area contributed by atoms with Gasteiger partial charge in [0.05, 0.1) is 18.0 Å². The van der Waals surface area contributed by atoms with Crippen LogP contribution in [0, 0.1) is 0 Å². The normalized spacial score (nSPS) is 17.3. The van der Waals surface area contributed by atoms with Gasteiger partial charge in [0.1, 0.15) is 11.4 Å². The molecule has 0 amide bonds. The lowest BCUT2D eigenvalue weighted by atomic mass is 10.1. The van der Waals surface area contributed by atoms with E-state index in [1.807, 2.05) is 6.07 Å². The van der Waals surface area contributed by atoms with E-state index in [1.165, 1.54) is 24.1 Å². The number of nitrogens with zero attached hydrogens (tertiary/aromatic N) is 2. The molecule has 0 radical (unpaired) electrons. The molecule has 2 aliphatic rings. The van der Waals surface area contributed by atoms with Crippen molar-refractivity contribution in [1.29, 1.82) is 0 Å². The second kappa shape index (κ2) is 6.69. The highest BCUT2D eigenvalue weighted by molar-refractivity contribution is 6.03. The van der Waals surface area contributed by atoms with Gasteiger partial charge in [-0.25, -0.2) is 4.99 Å². The van der Waals surface area contributed by atoms with Crippen LogP contribution < -0.4 is 10.7 Å². The predicted molar refractivity (Wildman–Crippen MR) is 91.1 cm³/mol. The fraction of sp³-hybridized carbons (Fsp3) is 0.389. The largest absolute Gasteiger partial charge is 0.383 e. The summed E-state index contributed by atoms with van der Waals surface area (Å²) in [6.07, 6.45) is 5.51. The summed E-state index contributed by atoms with van der Waals surface area (Å²) in [6, 6.07) is 10.4. The van der Waals surface area contributed by atoms with Gasteiger partial charge in [0.15, 0.2) is 0 Å². The van der Waals surface area contributed by atoms with Gasteiger partial charge in [-0.15, -0.1) is 0 Å². The Kier molecular flexibility index (Phi) is 4.47. The average Bonchev–Trinajstić information content (AvgIpc) is 2.75. The van der Waals surface area contributed by atoms with Crippen molar-refractivity contribution in [3.05, 3.63) is 59.2 Å². The van der Waals surface area contributed by atoms with Gasteiger partial charge >= 0.3 is 0 Å². The molecule has 0 unspecified atom stereocenters. The summed E-state index contributed by atoms with van der Waals surface area (Å²) in [5.74, 6) is 0. The zero-order valence-electron chi connectivity index (χ0n) is 13.4. The number of fused-ring (bicyclic) bond motifs is 1. The lowest BCUT2D eigenvalue weighted by molar-refractivity contribution is 0.313. The maximum atomic E-state index is 5.00. The molecule has 22 heavy (non-hydrogen) atoms. The van der Waals surface area contributed by atoms with Crippen molar-refractivity contribution in [1.82, 2.24) is 15.8 Å². The summed E-state index contributed by atoms with van der Waals surface area (Å²) >= 11 is 0. The number of hydrazine groups is 1. The van der Waals surface area contributed by atoms with E-state index in [1.54, 1.807) is 0 Å². The monoisotopic (exact) mass is 296 g/mol. The standard InChI is InChI=1S/C18H24N4/c1-3-5-11-15-18-17(22(4-2)21-15)13-19-12-16(20-18)14-9-7-6-8-10-14/h6-10,13,19,21H,3-5,11-12H2,1-2H3. The zero-order chi connectivity index (χ0) is 15.4. The topological polar surface area (TPSA) is 39.7 Å². The average molecular weight is 296 g/mol. The Morgan fingerprint density at radius 1 is 1.18 bits per heavy atom. The smallest absolute Gasteiger partial charge is 0.111 e. The van der Waals surface area contributed by atoms with Gasteiger partial charge in [0.2, 0.25) is 0 Å². The fourth-order valence-corrected chi connectivity index (χ4v) is 2.82. The molecule has 116 valence electrons. The Morgan fingerprint density at radius 3 is 2.73 bits per heavy atom. The summed E-state index contributed by atoms with van der Waals surface area (Å²) in [5.41, 5.74) is 9.28. The number of allylic oxidation sites excluding steroid dienone is 1. The van der Waals surface area contributed by atoms with Crippen molar-refractivity contribution in [2.24, 2.45) is 4.99 Å². The van der Waals surface area contributed by atoms with Gasteiger partial charge in [-0.2, -0.15) is 0 Å². The second-order valence-electron chi connectivity index (χ2n) is 5.62. The first kappa shape index (κ1) is 14.7. The van der Waals surface area contributed by atoms with E-state index in [0.29, 0.717) is 0 Å². The first-order chi connectivity index (χ1) is 10.8. The van der Waals surface area contributed by atoms with E-state index in [9.17, 15) is 0 Å². The number of unbranched alkanes of at least 4 members (excludes halogenated alkanes) is 1. The molecule has 2 N–H and O–H groups in total. The molecular weight excluding hydrogens is 272 g/mol. The number of likely N-dealkylation sites (N-methyl/N-ethyl adjacent to an activating group) is 1. The highest BCUT2D eigenvalue weighted by Crippen LogP contribution is 2.29. The fourth-order valence-electron chi connectivity index (χ4n) is 2.82. The summed E-state index contributed by atoms with van der Waals surface area (Å²) in [7, 11) is 0. The number of hydrogen-bond acceptors (Lipinski definition) is 4. The van der Waals surface area contributed by atoms with Crippen molar-refractivity contribution >= 4 is 5.71 Å². The molecule has 4 nitrogen and oxygen atoms in total. The third-order valence-corrected chi connectivity index (χ3v) is 4.05. The summed E-state index contributed by atoms with van der Waals surface area (Å²) < 4.78 is 0. The summed E-state index contributed by atoms with van der Waals surface area (Å²) in [4.78, 5) is 5.00. The Balaban J connectivity index is 1.98. The van der Waals surface area contributed by atoms with Crippen molar-refractivity contribution in [3.8, 4) is 0 Å². The number of hydrogen-bond donors (Lipinski definition) is 2. The van der Waals surface area contributed by atoms with Crippen LogP contribution >= 0.6 is 0 Å². The first-order valence-corrected chi connectivity index (χ1v) is 8.17. The minimum Gasteiger partial charge on any atom is -0.383 e. The van der Waals surface area contributed by atoms with Crippen molar-refractivity contribution < 1.29 is 0 Å². The van der Waals surface area contributed by atoms with E-state index in [0.717, 1.165) is 36.6 Å². The van der Waals surface area contributed by atoms with Crippen molar-refractivity contribution in [2.75, 3.05) is 13.1 Å². The predicted octanol–water partition coefficient (Wildman–Crippen LogP) is 3.16. The van der Waals surface area contributed by atoms with Crippen molar-refractivity contribution in [2.45, 2.75) is 33.1 Å². The molecule has 1 aromatic rings. The van der Waals surface area contributed by atoms with Crippen LogP contribution in [0.15, 0.2) is 58.6 Å². The molecule has 0 aliphatic carbocycles. The molecule has 1 aromatic carbocycles. The molecular formula is C18H24N4. The molecule has 0 fully saturated rings. The Hall–Kier alpha value is -2.23. The molecule has 0 saturated carbocycles. The molecule has 0 spiro atoms. The maximum absolute atomic E-state index is 5.00. The minimum atomic E-state index is 0.760. The van der Waals surface area contributed by atoms with Gasteiger partial charge < -0.3 is 10.7 Å². The van der Waals surface area contributed by atoms with Crippen LogP contribution in [0.3, 0.4) is 0 Å². The van der Waals surface area contributed by atoms with Crippen LogP contribution in [-0.2, 0) is 0 Å². The Bertz CT molecular complexity index is 613. The van der Waals surface area contributed by atoms with Gasteiger partial charge in [0, 0.05) is 12.7 Å². The quantitative estimate of drug-likeness (QED) is 0.877. The number of rotatable bonds is 5. The van der Waals surface area contributed by atoms with Crippen molar-refractivity contribution in [3.63, 3.8) is 0 Å². The van der Waals surface area contributed by atoms with Crippen LogP contribution in [0.5, 0.6) is 0 Å². The Labute approximate surface area is 132 Å². The molecule has 2 aliphatic heterocycles. The second-order valence-corrected chi connectivity index (χ2v) is 5.62. The lowest BCUT2D eigenvalue weighted by Crippen LogP contribution is -2.31. The number of aliphatic imine (C=N–C) groups is 1. The van der Waals surface area contributed by atoms with E-state index in [2.05, 4.69) is 60.1 Å². The first-order valence-electron chi connectivity index (χ1n) is 8.17. The van der Waals surface area contributed by atoms with Crippen LogP contribution in [0.2, 0.25) is 0 Å². The number of nitrogens with one attached hydrogen (secondary N) is 2.